The summed E-state index contributed by atoms with van der Waals surface area (Å²) in [5, 5.41) is 12.7. The molecule has 9 heteroatoms. The van der Waals surface area contributed by atoms with Crippen molar-refractivity contribution in [3.8, 4) is 22.6 Å². The lowest BCUT2D eigenvalue weighted by Crippen LogP contribution is -2.12. The second-order valence-corrected chi connectivity index (χ2v) is 6.28. The molecule has 0 aliphatic rings. The van der Waals surface area contributed by atoms with Gasteiger partial charge in [0.25, 0.3) is 0 Å². The second kappa shape index (κ2) is 7.83. The molecule has 0 atom stereocenters. The van der Waals surface area contributed by atoms with Crippen LogP contribution in [0.3, 0.4) is 0 Å². The number of pyridine rings is 1. The van der Waals surface area contributed by atoms with E-state index in [4.69, 9.17) is 4.52 Å². The Bertz CT molecular complexity index is 1020. The Morgan fingerprint density at radius 1 is 1.15 bits per heavy atom. The molecule has 4 rings (SSSR count). The van der Waals surface area contributed by atoms with Gasteiger partial charge in [0.2, 0.25) is 17.6 Å². The Balaban J connectivity index is 1.32. The van der Waals surface area contributed by atoms with Crippen molar-refractivity contribution in [3.63, 3.8) is 0 Å². The van der Waals surface area contributed by atoms with Crippen molar-refractivity contribution in [2.45, 2.75) is 12.8 Å². The Kier molecular flexibility index (Phi) is 4.93. The van der Waals surface area contributed by atoms with Gasteiger partial charge in [-0.15, -0.1) is 5.10 Å². The van der Waals surface area contributed by atoms with Crippen LogP contribution in [0.4, 0.5) is 5.69 Å². The number of hydrogen-bond donors (Lipinski definition) is 1. The van der Waals surface area contributed by atoms with E-state index in [0.717, 1.165) is 16.8 Å². The van der Waals surface area contributed by atoms with Gasteiger partial charge in [-0.3, -0.25) is 9.78 Å². The predicted molar refractivity (Wildman–Crippen MR) is 99.8 cm³/mol. The zero-order chi connectivity index (χ0) is 18.5. The first kappa shape index (κ1) is 17.0. The fourth-order valence-corrected chi connectivity index (χ4v) is 2.89. The Morgan fingerprint density at radius 3 is 2.78 bits per heavy atom. The van der Waals surface area contributed by atoms with E-state index in [1.54, 1.807) is 18.5 Å². The highest BCUT2D eigenvalue weighted by atomic mass is 32.1. The maximum Gasteiger partial charge on any atom is 0.227 e. The van der Waals surface area contributed by atoms with Gasteiger partial charge in [-0.05, 0) is 35.8 Å². The molecule has 0 saturated carbocycles. The molecule has 1 aromatic carbocycles. The van der Waals surface area contributed by atoms with Crippen LogP contribution in [0.2, 0.25) is 0 Å². The molecule has 0 spiro atoms. The average molecular weight is 378 g/mol. The van der Waals surface area contributed by atoms with E-state index in [9.17, 15) is 4.79 Å². The molecule has 4 aromatic rings. The molecule has 3 heterocycles. The SMILES string of the molecule is O=C(CCc1nc(-c2cccnc2)no1)Nc1ccc(-c2csnn2)cc1. The zero-order valence-electron chi connectivity index (χ0n) is 14.1. The summed E-state index contributed by atoms with van der Waals surface area (Å²) in [5.74, 6) is 0.750. The second-order valence-electron chi connectivity index (χ2n) is 5.67. The third kappa shape index (κ3) is 4.21. The third-order valence-electron chi connectivity index (χ3n) is 3.78. The fourth-order valence-electron chi connectivity index (χ4n) is 2.43. The number of hydrogen-bond acceptors (Lipinski definition) is 8. The monoisotopic (exact) mass is 378 g/mol. The molecule has 0 aliphatic carbocycles. The number of nitrogens with zero attached hydrogens (tertiary/aromatic N) is 5. The van der Waals surface area contributed by atoms with Gasteiger partial charge < -0.3 is 9.84 Å². The molecule has 0 unspecified atom stereocenters. The molecule has 8 nitrogen and oxygen atoms in total. The van der Waals surface area contributed by atoms with E-state index >= 15 is 0 Å². The minimum absolute atomic E-state index is 0.126. The van der Waals surface area contributed by atoms with Crippen LogP contribution in [0.5, 0.6) is 0 Å². The number of anilines is 1. The lowest BCUT2D eigenvalue weighted by atomic mass is 10.1. The number of rotatable bonds is 6. The number of nitrogens with one attached hydrogen (secondary N) is 1. The van der Waals surface area contributed by atoms with E-state index in [0.29, 0.717) is 23.8 Å². The van der Waals surface area contributed by atoms with E-state index < -0.39 is 0 Å². The van der Waals surface area contributed by atoms with Gasteiger partial charge >= 0.3 is 0 Å². The van der Waals surface area contributed by atoms with Crippen molar-refractivity contribution < 1.29 is 9.32 Å². The molecule has 3 aromatic heterocycles. The van der Waals surface area contributed by atoms with Crippen LogP contribution in [0.1, 0.15) is 12.3 Å². The maximum absolute atomic E-state index is 12.1. The first-order valence-electron chi connectivity index (χ1n) is 8.18. The molecule has 27 heavy (non-hydrogen) atoms. The van der Waals surface area contributed by atoms with E-state index in [1.807, 2.05) is 35.7 Å². The van der Waals surface area contributed by atoms with Crippen LogP contribution in [-0.4, -0.2) is 30.6 Å². The molecule has 0 fully saturated rings. The van der Waals surface area contributed by atoms with Crippen molar-refractivity contribution in [2.75, 3.05) is 5.32 Å². The van der Waals surface area contributed by atoms with Crippen LogP contribution in [-0.2, 0) is 11.2 Å². The standard InChI is InChI=1S/C18H14N6O2S/c25-16(20-14-5-3-12(4-6-14)15-11-27-24-22-15)7-8-17-21-18(23-26-17)13-2-1-9-19-10-13/h1-6,9-11H,7-8H2,(H,20,25). The summed E-state index contributed by atoms with van der Waals surface area (Å²) in [6.45, 7) is 0. The Morgan fingerprint density at radius 2 is 2.04 bits per heavy atom. The predicted octanol–water partition coefficient (Wildman–Crippen LogP) is 3.22. The van der Waals surface area contributed by atoms with Gasteiger partial charge in [-0.2, -0.15) is 4.98 Å². The Labute approximate surface area is 158 Å². The maximum atomic E-state index is 12.1. The van der Waals surface area contributed by atoms with Gasteiger partial charge in [0.15, 0.2) is 0 Å². The van der Waals surface area contributed by atoms with Gasteiger partial charge in [0, 0.05) is 47.4 Å². The summed E-state index contributed by atoms with van der Waals surface area (Å²) in [6.07, 6.45) is 3.94. The van der Waals surface area contributed by atoms with Crippen molar-refractivity contribution >= 4 is 23.1 Å². The molecule has 0 aliphatic heterocycles. The highest BCUT2D eigenvalue weighted by Gasteiger charge is 2.11. The minimum Gasteiger partial charge on any atom is -0.339 e. The summed E-state index contributed by atoms with van der Waals surface area (Å²) in [6, 6.07) is 11.1. The number of carbonyl (C=O) groups is 1. The van der Waals surface area contributed by atoms with Crippen LogP contribution in [0, 0.1) is 0 Å². The summed E-state index contributed by atoms with van der Waals surface area (Å²) in [7, 11) is 0. The molecular weight excluding hydrogens is 364 g/mol. The highest BCUT2D eigenvalue weighted by Crippen LogP contribution is 2.20. The van der Waals surface area contributed by atoms with Crippen molar-refractivity contribution in [1.82, 2.24) is 24.7 Å². The van der Waals surface area contributed by atoms with Gasteiger partial charge in [0.1, 0.15) is 5.69 Å². The minimum atomic E-state index is -0.126. The topological polar surface area (TPSA) is 107 Å². The highest BCUT2D eigenvalue weighted by molar-refractivity contribution is 7.03. The molecule has 134 valence electrons. The van der Waals surface area contributed by atoms with E-state index in [-0.39, 0.29) is 12.3 Å². The number of benzene rings is 1. The Hall–Kier alpha value is -3.46. The van der Waals surface area contributed by atoms with E-state index in [2.05, 4.69) is 30.0 Å². The number of aryl methyl sites for hydroxylation is 1. The first-order valence-corrected chi connectivity index (χ1v) is 9.02. The normalized spacial score (nSPS) is 10.7. The number of aromatic nitrogens is 5. The van der Waals surface area contributed by atoms with Gasteiger partial charge in [-0.1, -0.05) is 21.8 Å². The number of carbonyl (C=O) groups excluding carboxylic acids is 1. The molecule has 0 saturated heterocycles. The molecule has 1 N–H and O–H groups in total. The van der Waals surface area contributed by atoms with Crippen molar-refractivity contribution in [2.24, 2.45) is 0 Å². The average Bonchev–Trinajstić information content (AvgIpc) is 3.40. The molecular formula is C18H14N6O2S. The van der Waals surface area contributed by atoms with Gasteiger partial charge in [-0.25, -0.2) is 0 Å². The molecule has 0 radical (unpaired) electrons. The lowest BCUT2D eigenvalue weighted by molar-refractivity contribution is -0.116. The summed E-state index contributed by atoms with van der Waals surface area (Å²) in [5.41, 5.74) is 3.26. The summed E-state index contributed by atoms with van der Waals surface area (Å²) >= 11 is 1.30. The van der Waals surface area contributed by atoms with Crippen LogP contribution in [0.25, 0.3) is 22.6 Å². The smallest absolute Gasteiger partial charge is 0.227 e. The molecule has 1 amide bonds. The van der Waals surface area contributed by atoms with Gasteiger partial charge in [0.05, 0.1) is 0 Å². The van der Waals surface area contributed by atoms with Crippen molar-refractivity contribution in [1.29, 1.82) is 0 Å². The van der Waals surface area contributed by atoms with Crippen LogP contribution < -0.4 is 5.32 Å². The quantitative estimate of drug-likeness (QED) is 0.549. The largest absolute Gasteiger partial charge is 0.339 e. The summed E-state index contributed by atoms with van der Waals surface area (Å²) < 4.78 is 9.04. The first-order chi connectivity index (χ1) is 13.3. The van der Waals surface area contributed by atoms with Crippen LogP contribution in [0.15, 0.2) is 58.7 Å². The van der Waals surface area contributed by atoms with Crippen molar-refractivity contribution in [3.05, 3.63) is 60.1 Å². The third-order valence-corrected chi connectivity index (χ3v) is 4.28. The number of amides is 1. The van der Waals surface area contributed by atoms with Crippen LogP contribution >= 0.6 is 11.5 Å². The molecule has 0 bridgehead atoms. The lowest BCUT2D eigenvalue weighted by Gasteiger charge is -2.04. The van der Waals surface area contributed by atoms with E-state index in [1.165, 1.54) is 11.5 Å². The zero-order valence-corrected chi connectivity index (χ0v) is 14.9. The fraction of sp³-hybridized carbons (Fsp3) is 0.111. The summed E-state index contributed by atoms with van der Waals surface area (Å²) in [4.78, 5) is 20.5.